The van der Waals surface area contributed by atoms with Crippen molar-refractivity contribution in [1.29, 1.82) is 0 Å². The maximum absolute atomic E-state index is 5.70. The average Bonchev–Trinajstić information content (AvgIpc) is 1.87. The maximum Gasteiger partial charge on any atom is 0.0596 e. The van der Waals surface area contributed by atoms with Gasteiger partial charge in [-0.3, -0.25) is 4.90 Å². The van der Waals surface area contributed by atoms with Crippen LogP contribution in [0, 0.1) is 18.3 Å². The zero-order chi connectivity index (χ0) is 8.85. The monoisotopic (exact) mass is 154 g/mol. The van der Waals surface area contributed by atoms with Gasteiger partial charge in [0.15, 0.2) is 0 Å². The molecule has 0 aromatic rings. The largest absolute Gasteiger partial charge is 0.328 e. The molecule has 0 aliphatic carbocycles. The van der Waals surface area contributed by atoms with Gasteiger partial charge in [0.2, 0.25) is 0 Å². The van der Waals surface area contributed by atoms with Crippen LogP contribution in [0.25, 0.3) is 0 Å². The summed E-state index contributed by atoms with van der Waals surface area (Å²) in [5.41, 5.74) is 5.70. The van der Waals surface area contributed by atoms with Crippen molar-refractivity contribution >= 4 is 0 Å². The molecule has 0 rings (SSSR count). The molecule has 2 unspecified atom stereocenters. The summed E-state index contributed by atoms with van der Waals surface area (Å²) in [6.45, 7) is 5.84. The van der Waals surface area contributed by atoms with Gasteiger partial charge in [0.25, 0.3) is 0 Å². The van der Waals surface area contributed by atoms with Crippen molar-refractivity contribution in [3.63, 3.8) is 0 Å². The van der Waals surface area contributed by atoms with Gasteiger partial charge in [-0.1, -0.05) is 12.8 Å². The molecule has 2 heteroatoms. The Kier molecular flexibility index (Phi) is 4.93. The van der Waals surface area contributed by atoms with E-state index < -0.39 is 0 Å². The predicted molar refractivity (Wildman–Crippen MR) is 49.1 cm³/mol. The van der Waals surface area contributed by atoms with Gasteiger partial charge >= 0.3 is 0 Å². The lowest BCUT2D eigenvalue weighted by Crippen LogP contribution is -2.34. The van der Waals surface area contributed by atoms with Crippen LogP contribution in [0.2, 0.25) is 0 Å². The van der Waals surface area contributed by atoms with E-state index in [1.165, 1.54) is 0 Å². The van der Waals surface area contributed by atoms with Crippen molar-refractivity contribution in [1.82, 2.24) is 4.90 Å². The van der Waals surface area contributed by atoms with E-state index in [2.05, 4.69) is 17.7 Å². The van der Waals surface area contributed by atoms with Crippen LogP contribution in [0.1, 0.15) is 13.8 Å². The Bertz CT molecular complexity index is 135. The molecule has 0 aliphatic heterocycles. The second kappa shape index (κ2) is 5.17. The van der Waals surface area contributed by atoms with Crippen LogP contribution in [-0.2, 0) is 0 Å². The number of hydrogen-bond acceptors (Lipinski definition) is 2. The molecule has 0 radical (unpaired) electrons. The van der Waals surface area contributed by atoms with Crippen molar-refractivity contribution in [3.05, 3.63) is 0 Å². The summed E-state index contributed by atoms with van der Waals surface area (Å²) in [4.78, 5) is 2.11. The van der Waals surface area contributed by atoms with Crippen LogP contribution in [0.5, 0.6) is 0 Å². The zero-order valence-electron chi connectivity index (χ0n) is 7.67. The smallest absolute Gasteiger partial charge is 0.0596 e. The topological polar surface area (TPSA) is 29.3 Å². The van der Waals surface area contributed by atoms with Crippen LogP contribution >= 0.6 is 0 Å². The first-order valence-corrected chi connectivity index (χ1v) is 3.95. The second-order valence-corrected chi connectivity index (χ2v) is 3.24. The Morgan fingerprint density at radius 2 is 2.09 bits per heavy atom. The molecule has 11 heavy (non-hydrogen) atoms. The summed E-state index contributed by atoms with van der Waals surface area (Å²) in [5.74, 6) is 3.10. The molecule has 0 amide bonds. The minimum Gasteiger partial charge on any atom is -0.328 e. The average molecular weight is 154 g/mol. The standard InChI is InChI=1S/C9H18N2/c1-5-6-11(4)7-8(2)9(3)10/h1,8-9H,6-7,10H2,2-4H3. The fraction of sp³-hybridized carbons (Fsp3) is 0.778. The van der Waals surface area contributed by atoms with Crippen LogP contribution in [0.15, 0.2) is 0 Å². The fourth-order valence-corrected chi connectivity index (χ4v) is 0.878. The normalized spacial score (nSPS) is 16.0. The molecule has 0 saturated carbocycles. The highest BCUT2D eigenvalue weighted by Gasteiger charge is 2.08. The van der Waals surface area contributed by atoms with E-state index >= 15 is 0 Å². The Labute approximate surface area is 69.8 Å². The van der Waals surface area contributed by atoms with Gasteiger partial charge in [0.1, 0.15) is 0 Å². The SMILES string of the molecule is C#CCN(C)CC(C)C(C)N. The lowest BCUT2D eigenvalue weighted by Gasteiger charge is -2.21. The van der Waals surface area contributed by atoms with E-state index in [4.69, 9.17) is 12.2 Å². The molecule has 2 nitrogen and oxygen atoms in total. The quantitative estimate of drug-likeness (QED) is 0.599. The molecule has 2 N–H and O–H groups in total. The van der Waals surface area contributed by atoms with Gasteiger partial charge in [0, 0.05) is 12.6 Å². The molecule has 0 heterocycles. The third-order valence-electron chi connectivity index (χ3n) is 1.86. The van der Waals surface area contributed by atoms with Crippen molar-refractivity contribution in [2.75, 3.05) is 20.1 Å². The van der Waals surface area contributed by atoms with E-state index in [0.29, 0.717) is 12.5 Å². The minimum absolute atomic E-state index is 0.246. The number of hydrogen-bond donors (Lipinski definition) is 1. The van der Waals surface area contributed by atoms with Crippen molar-refractivity contribution in [3.8, 4) is 12.3 Å². The lowest BCUT2D eigenvalue weighted by molar-refractivity contribution is 0.294. The fourth-order valence-electron chi connectivity index (χ4n) is 0.878. The van der Waals surface area contributed by atoms with E-state index in [-0.39, 0.29) is 6.04 Å². The maximum atomic E-state index is 5.70. The highest BCUT2D eigenvalue weighted by molar-refractivity contribution is 4.87. The Morgan fingerprint density at radius 3 is 2.45 bits per heavy atom. The third-order valence-corrected chi connectivity index (χ3v) is 1.86. The van der Waals surface area contributed by atoms with E-state index in [0.717, 1.165) is 6.54 Å². The van der Waals surface area contributed by atoms with Crippen LogP contribution < -0.4 is 5.73 Å². The molecule has 64 valence electrons. The Balaban J connectivity index is 3.58. The third kappa shape index (κ3) is 4.83. The van der Waals surface area contributed by atoms with E-state index in [1.807, 2.05) is 14.0 Å². The number of nitrogens with zero attached hydrogens (tertiary/aromatic N) is 1. The summed E-state index contributed by atoms with van der Waals surface area (Å²) in [6.07, 6.45) is 5.16. The van der Waals surface area contributed by atoms with Gasteiger partial charge in [-0.05, 0) is 19.9 Å². The summed E-state index contributed by atoms with van der Waals surface area (Å²) >= 11 is 0. The van der Waals surface area contributed by atoms with Gasteiger partial charge in [-0.2, -0.15) is 0 Å². The highest BCUT2D eigenvalue weighted by atomic mass is 15.1. The highest BCUT2D eigenvalue weighted by Crippen LogP contribution is 2.00. The molecule has 0 fully saturated rings. The predicted octanol–water partition coefficient (Wildman–Crippen LogP) is 0.535. The molecule has 0 bridgehead atoms. The van der Waals surface area contributed by atoms with Crippen molar-refractivity contribution < 1.29 is 0 Å². The first-order chi connectivity index (χ1) is 5.07. The molecule has 0 spiro atoms. The first kappa shape index (κ1) is 10.5. The first-order valence-electron chi connectivity index (χ1n) is 3.95. The molecule has 0 aromatic carbocycles. The van der Waals surface area contributed by atoms with Crippen molar-refractivity contribution in [2.24, 2.45) is 11.7 Å². The lowest BCUT2D eigenvalue weighted by atomic mass is 10.0. The van der Waals surface area contributed by atoms with E-state index in [9.17, 15) is 0 Å². The van der Waals surface area contributed by atoms with Gasteiger partial charge in [-0.15, -0.1) is 6.42 Å². The van der Waals surface area contributed by atoms with E-state index in [1.54, 1.807) is 0 Å². The number of terminal acetylenes is 1. The zero-order valence-corrected chi connectivity index (χ0v) is 7.67. The minimum atomic E-state index is 0.246. The molecule has 0 saturated heterocycles. The Hall–Kier alpha value is -0.520. The molecular formula is C9H18N2. The van der Waals surface area contributed by atoms with Crippen LogP contribution in [0.3, 0.4) is 0 Å². The molecule has 0 aliphatic rings. The van der Waals surface area contributed by atoms with Crippen LogP contribution in [-0.4, -0.2) is 31.1 Å². The van der Waals surface area contributed by atoms with Crippen molar-refractivity contribution in [2.45, 2.75) is 19.9 Å². The molecular weight excluding hydrogens is 136 g/mol. The van der Waals surface area contributed by atoms with Gasteiger partial charge in [0.05, 0.1) is 6.54 Å². The van der Waals surface area contributed by atoms with Gasteiger partial charge < -0.3 is 5.73 Å². The molecule has 2 atom stereocenters. The number of nitrogens with two attached hydrogens (primary N) is 1. The summed E-state index contributed by atoms with van der Waals surface area (Å²) in [7, 11) is 2.01. The summed E-state index contributed by atoms with van der Waals surface area (Å²) in [5, 5.41) is 0. The van der Waals surface area contributed by atoms with Gasteiger partial charge in [-0.25, -0.2) is 0 Å². The Morgan fingerprint density at radius 1 is 1.55 bits per heavy atom. The summed E-state index contributed by atoms with van der Waals surface area (Å²) < 4.78 is 0. The summed E-state index contributed by atoms with van der Waals surface area (Å²) in [6, 6.07) is 0.246. The number of rotatable bonds is 4. The van der Waals surface area contributed by atoms with Crippen LogP contribution in [0.4, 0.5) is 0 Å². The second-order valence-electron chi connectivity index (χ2n) is 3.24. The molecule has 0 aromatic heterocycles.